The predicted molar refractivity (Wildman–Crippen MR) is 117 cm³/mol. The number of ether oxygens (including phenoxy) is 3. The van der Waals surface area contributed by atoms with Gasteiger partial charge in [-0.05, 0) is 49.3 Å². The lowest BCUT2D eigenvalue weighted by molar-refractivity contribution is 0.0374. The second kappa shape index (κ2) is 11.7. The Labute approximate surface area is 187 Å². The van der Waals surface area contributed by atoms with Crippen LogP contribution in [0.4, 0.5) is 4.39 Å². The highest BCUT2D eigenvalue weighted by Crippen LogP contribution is 2.37. The number of hydrogen-bond acceptors (Lipinski definition) is 5. The Morgan fingerprint density at radius 2 is 1.97 bits per heavy atom. The summed E-state index contributed by atoms with van der Waals surface area (Å²) in [6, 6.07) is 8.22. The number of methoxy groups -OCH3 is 1. The van der Waals surface area contributed by atoms with Crippen molar-refractivity contribution in [1.29, 1.82) is 0 Å². The van der Waals surface area contributed by atoms with E-state index in [4.69, 9.17) is 37.4 Å². The number of nitrogens with zero attached hydrogens (tertiary/aromatic N) is 1. The third-order valence-electron chi connectivity index (χ3n) is 4.97. The van der Waals surface area contributed by atoms with Crippen LogP contribution in [0.1, 0.15) is 17.5 Å². The summed E-state index contributed by atoms with van der Waals surface area (Å²) in [5.74, 6) is 0.449. The zero-order valence-electron chi connectivity index (χ0n) is 17.1. The first-order chi connectivity index (χ1) is 14.6. The molecule has 1 aliphatic rings. The lowest BCUT2D eigenvalue weighted by Crippen LogP contribution is -2.37. The summed E-state index contributed by atoms with van der Waals surface area (Å²) in [5.41, 5.74) is 1.27. The molecule has 0 spiro atoms. The van der Waals surface area contributed by atoms with E-state index in [0.717, 1.165) is 51.4 Å². The molecule has 0 bridgehead atoms. The summed E-state index contributed by atoms with van der Waals surface area (Å²) < 4.78 is 30.5. The molecule has 3 rings (SSSR count). The highest BCUT2D eigenvalue weighted by molar-refractivity contribution is 6.32. The maximum Gasteiger partial charge on any atom is 0.180 e. The van der Waals surface area contributed by atoms with Gasteiger partial charge in [0.05, 0.1) is 30.4 Å². The van der Waals surface area contributed by atoms with Crippen molar-refractivity contribution in [3.63, 3.8) is 0 Å². The van der Waals surface area contributed by atoms with Crippen LogP contribution in [0.5, 0.6) is 11.5 Å². The van der Waals surface area contributed by atoms with Crippen LogP contribution in [0, 0.1) is 5.82 Å². The average Bonchev–Trinajstić information content (AvgIpc) is 2.74. The standard InChI is InChI=1S/C22H27Cl2FN2O3/c1-28-21-13-16(14-26-6-3-7-27-8-10-29-11-9-27)12-19(24)22(21)30-15-17-18(23)4-2-5-20(17)25/h2,4-5,12-13,26H,3,6-11,14-15H2,1H3. The molecule has 0 aromatic heterocycles. The molecule has 1 N–H and O–H groups in total. The molecule has 0 unspecified atom stereocenters. The highest BCUT2D eigenvalue weighted by Gasteiger charge is 2.15. The lowest BCUT2D eigenvalue weighted by Gasteiger charge is -2.26. The van der Waals surface area contributed by atoms with Gasteiger partial charge in [0, 0.05) is 25.2 Å². The minimum Gasteiger partial charge on any atom is -0.493 e. The molecule has 2 aromatic carbocycles. The number of halogens is 3. The highest BCUT2D eigenvalue weighted by atomic mass is 35.5. The summed E-state index contributed by atoms with van der Waals surface area (Å²) in [4.78, 5) is 2.42. The van der Waals surface area contributed by atoms with E-state index in [2.05, 4.69) is 10.2 Å². The minimum absolute atomic E-state index is 0.0409. The predicted octanol–water partition coefficient (Wildman–Crippen LogP) is 4.53. The summed E-state index contributed by atoms with van der Waals surface area (Å²) in [5, 5.41) is 4.15. The van der Waals surface area contributed by atoms with E-state index in [0.29, 0.717) is 28.1 Å². The van der Waals surface area contributed by atoms with E-state index in [9.17, 15) is 4.39 Å². The molecule has 1 heterocycles. The number of rotatable bonds is 10. The number of hydrogen-bond donors (Lipinski definition) is 1. The maximum absolute atomic E-state index is 14.0. The van der Waals surface area contributed by atoms with Crippen LogP contribution in [0.2, 0.25) is 10.0 Å². The minimum atomic E-state index is -0.421. The van der Waals surface area contributed by atoms with Crippen LogP contribution in [0.15, 0.2) is 30.3 Å². The van der Waals surface area contributed by atoms with Crippen LogP contribution in [-0.2, 0) is 17.9 Å². The zero-order valence-corrected chi connectivity index (χ0v) is 18.6. The first-order valence-corrected chi connectivity index (χ1v) is 10.8. The summed E-state index contributed by atoms with van der Waals surface area (Å²) >= 11 is 12.5. The van der Waals surface area contributed by atoms with Crippen molar-refractivity contribution < 1.29 is 18.6 Å². The van der Waals surface area contributed by atoms with E-state index in [1.807, 2.05) is 12.1 Å². The molecule has 2 aromatic rings. The van der Waals surface area contributed by atoms with Gasteiger partial charge in [-0.2, -0.15) is 0 Å². The largest absolute Gasteiger partial charge is 0.493 e. The molecule has 0 amide bonds. The van der Waals surface area contributed by atoms with Crippen LogP contribution in [0.3, 0.4) is 0 Å². The maximum atomic E-state index is 14.0. The number of benzene rings is 2. The van der Waals surface area contributed by atoms with Crippen LogP contribution < -0.4 is 14.8 Å². The van der Waals surface area contributed by atoms with Gasteiger partial charge < -0.3 is 19.5 Å². The van der Waals surface area contributed by atoms with Crippen LogP contribution in [-0.4, -0.2) is 51.4 Å². The van der Waals surface area contributed by atoms with Crippen molar-refractivity contribution in [3.05, 3.63) is 57.3 Å². The summed E-state index contributed by atoms with van der Waals surface area (Å²) in [7, 11) is 1.55. The van der Waals surface area contributed by atoms with E-state index >= 15 is 0 Å². The summed E-state index contributed by atoms with van der Waals surface area (Å²) in [6.07, 6.45) is 1.06. The zero-order chi connectivity index (χ0) is 21.3. The molecule has 1 fully saturated rings. The Bertz CT molecular complexity index is 812. The normalized spacial score (nSPS) is 14.7. The third-order valence-corrected chi connectivity index (χ3v) is 5.61. The third kappa shape index (κ3) is 6.46. The van der Waals surface area contributed by atoms with Gasteiger partial charge >= 0.3 is 0 Å². The van der Waals surface area contributed by atoms with Gasteiger partial charge in [0.25, 0.3) is 0 Å². The molecule has 164 valence electrons. The van der Waals surface area contributed by atoms with Crippen LogP contribution >= 0.6 is 23.2 Å². The Kier molecular flexibility index (Phi) is 9.03. The second-order valence-electron chi connectivity index (χ2n) is 7.08. The molecular weight excluding hydrogens is 430 g/mol. The quantitative estimate of drug-likeness (QED) is 0.531. The summed E-state index contributed by atoms with van der Waals surface area (Å²) in [6.45, 7) is 6.25. The first-order valence-electron chi connectivity index (χ1n) is 10.0. The van der Waals surface area contributed by atoms with E-state index < -0.39 is 5.82 Å². The molecule has 1 saturated heterocycles. The Hall–Kier alpha value is -1.57. The van der Waals surface area contributed by atoms with Crippen molar-refractivity contribution >= 4 is 23.2 Å². The van der Waals surface area contributed by atoms with E-state index in [1.165, 1.54) is 6.07 Å². The topological polar surface area (TPSA) is 43.0 Å². The fourth-order valence-corrected chi connectivity index (χ4v) is 3.82. The molecule has 0 atom stereocenters. The van der Waals surface area contributed by atoms with E-state index in [-0.39, 0.29) is 12.2 Å². The van der Waals surface area contributed by atoms with Gasteiger partial charge in [0.1, 0.15) is 12.4 Å². The Balaban J connectivity index is 1.53. The SMILES string of the molecule is COc1cc(CNCCCN2CCOCC2)cc(Cl)c1OCc1c(F)cccc1Cl. The van der Waals surface area contributed by atoms with Crippen LogP contribution in [0.25, 0.3) is 0 Å². The van der Waals surface area contributed by atoms with Crippen molar-refractivity contribution in [2.24, 2.45) is 0 Å². The Morgan fingerprint density at radius 1 is 1.17 bits per heavy atom. The second-order valence-corrected chi connectivity index (χ2v) is 7.90. The molecule has 30 heavy (non-hydrogen) atoms. The molecule has 5 nitrogen and oxygen atoms in total. The lowest BCUT2D eigenvalue weighted by atomic mass is 10.2. The molecule has 0 saturated carbocycles. The molecule has 0 radical (unpaired) electrons. The number of nitrogens with one attached hydrogen (secondary N) is 1. The molecule has 8 heteroatoms. The van der Waals surface area contributed by atoms with Gasteiger partial charge in [0.2, 0.25) is 0 Å². The Morgan fingerprint density at radius 3 is 2.70 bits per heavy atom. The molecular formula is C22H27Cl2FN2O3. The van der Waals surface area contributed by atoms with E-state index in [1.54, 1.807) is 19.2 Å². The molecule has 0 aliphatic carbocycles. The fourth-order valence-electron chi connectivity index (χ4n) is 3.32. The number of morpholine rings is 1. The smallest absolute Gasteiger partial charge is 0.180 e. The first kappa shape index (κ1) is 23.1. The van der Waals surface area contributed by atoms with Gasteiger partial charge in [-0.15, -0.1) is 0 Å². The van der Waals surface area contributed by atoms with Crippen molar-refractivity contribution in [1.82, 2.24) is 10.2 Å². The van der Waals surface area contributed by atoms with Crippen molar-refractivity contribution in [2.75, 3.05) is 46.5 Å². The van der Waals surface area contributed by atoms with Crippen molar-refractivity contribution in [2.45, 2.75) is 19.6 Å². The monoisotopic (exact) mass is 456 g/mol. The van der Waals surface area contributed by atoms with Gasteiger partial charge in [-0.1, -0.05) is 29.3 Å². The van der Waals surface area contributed by atoms with Gasteiger partial charge in [0.15, 0.2) is 11.5 Å². The molecule has 1 aliphatic heterocycles. The van der Waals surface area contributed by atoms with Crippen molar-refractivity contribution in [3.8, 4) is 11.5 Å². The fraction of sp³-hybridized carbons (Fsp3) is 0.455. The average molecular weight is 457 g/mol. The van der Waals surface area contributed by atoms with Gasteiger partial charge in [-0.3, -0.25) is 4.90 Å². The van der Waals surface area contributed by atoms with Gasteiger partial charge in [-0.25, -0.2) is 4.39 Å².